The van der Waals surface area contributed by atoms with E-state index in [1.54, 1.807) is 0 Å². The van der Waals surface area contributed by atoms with Crippen LogP contribution in [0.15, 0.2) is 0 Å². The van der Waals surface area contributed by atoms with Gasteiger partial charge in [-0.2, -0.15) is 0 Å². The molecule has 76 valence electrons. The van der Waals surface area contributed by atoms with Crippen molar-refractivity contribution in [3.05, 3.63) is 0 Å². The normalized spacial score (nSPS) is 15.8. The van der Waals surface area contributed by atoms with E-state index in [9.17, 15) is 4.79 Å². The average molecular weight is 184 g/mol. The molecule has 0 bridgehead atoms. The second kappa shape index (κ2) is 5.22. The average Bonchev–Trinajstić information content (AvgIpc) is 2.94. The van der Waals surface area contributed by atoms with Crippen molar-refractivity contribution < 1.29 is 4.79 Å². The molecule has 0 saturated heterocycles. The van der Waals surface area contributed by atoms with Crippen molar-refractivity contribution >= 4 is 5.91 Å². The summed E-state index contributed by atoms with van der Waals surface area (Å²) in [6.45, 7) is 1.66. The highest BCUT2D eigenvalue weighted by atomic mass is 16.2. The summed E-state index contributed by atoms with van der Waals surface area (Å²) < 4.78 is 0. The summed E-state index contributed by atoms with van der Waals surface area (Å²) in [6.07, 6.45) is 5.51. The summed E-state index contributed by atoms with van der Waals surface area (Å²) in [4.78, 5) is 13.3. The molecule has 3 heteroatoms. The molecule has 0 aliphatic heterocycles. The summed E-state index contributed by atoms with van der Waals surface area (Å²) in [5, 5.41) is 0. The number of rotatable bonds is 6. The van der Waals surface area contributed by atoms with Crippen LogP contribution in [0.3, 0.4) is 0 Å². The van der Waals surface area contributed by atoms with Crippen LogP contribution in [0, 0.1) is 5.92 Å². The summed E-state index contributed by atoms with van der Waals surface area (Å²) in [5.74, 6) is 0.701. The molecule has 3 nitrogen and oxygen atoms in total. The molecular formula is C10H20N2O. The van der Waals surface area contributed by atoms with Gasteiger partial charge >= 0.3 is 0 Å². The van der Waals surface area contributed by atoms with Gasteiger partial charge < -0.3 is 10.6 Å². The molecule has 0 atom stereocenters. The molecule has 0 aromatic heterocycles. The lowest BCUT2D eigenvalue weighted by Gasteiger charge is -2.16. The summed E-state index contributed by atoms with van der Waals surface area (Å²) in [7, 11) is 1.91. The Hall–Kier alpha value is -0.570. The second-order valence-corrected chi connectivity index (χ2v) is 3.88. The first-order chi connectivity index (χ1) is 6.25. The zero-order valence-electron chi connectivity index (χ0n) is 8.46. The zero-order chi connectivity index (χ0) is 9.68. The summed E-state index contributed by atoms with van der Waals surface area (Å²) in [5.41, 5.74) is 5.38. The van der Waals surface area contributed by atoms with Gasteiger partial charge in [0.05, 0.1) is 0 Å². The van der Waals surface area contributed by atoms with Crippen LogP contribution in [-0.4, -0.2) is 30.9 Å². The van der Waals surface area contributed by atoms with Crippen molar-refractivity contribution in [3.8, 4) is 0 Å². The Morgan fingerprint density at radius 1 is 1.38 bits per heavy atom. The van der Waals surface area contributed by atoms with Gasteiger partial charge in [-0.3, -0.25) is 4.79 Å². The molecule has 0 heterocycles. The molecule has 0 unspecified atom stereocenters. The van der Waals surface area contributed by atoms with Crippen molar-refractivity contribution in [3.63, 3.8) is 0 Å². The molecule has 0 radical (unpaired) electrons. The first kappa shape index (κ1) is 10.5. The topological polar surface area (TPSA) is 46.3 Å². The molecule has 1 aliphatic carbocycles. The standard InChI is InChI=1S/C10H20N2O/c1-12(8-4-2-3-7-11)10(13)9-5-6-9/h9H,2-8,11H2,1H3. The van der Waals surface area contributed by atoms with Crippen molar-refractivity contribution in [1.82, 2.24) is 4.90 Å². The van der Waals surface area contributed by atoms with Gasteiger partial charge in [0.1, 0.15) is 0 Å². The molecular weight excluding hydrogens is 164 g/mol. The lowest BCUT2D eigenvalue weighted by atomic mass is 10.2. The molecule has 0 aromatic rings. The molecule has 0 aromatic carbocycles. The number of amides is 1. The highest BCUT2D eigenvalue weighted by Gasteiger charge is 2.31. The van der Waals surface area contributed by atoms with E-state index in [0.29, 0.717) is 11.8 Å². The van der Waals surface area contributed by atoms with E-state index in [2.05, 4.69) is 0 Å². The van der Waals surface area contributed by atoms with Crippen LogP contribution < -0.4 is 5.73 Å². The van der Waals surface area contributed by atoms with Gasteiger partial charge in [0, 0.05) is 19.5 Å². The smallest absolute Gasteiger partial charge is 0.225 e. The highest BCUT2D eigenvalue weighted by molar-refractivity contribution is 5.80. The van der Waals surface area contributed by atoms with Crippen LogP contribution in [0.5, 0.6) is 0 Å². The van der Waals surface area contributed by atoms with Gasteiger partial charge in [-0.25, -0.2) is 0 Å². The highest BCUT2D eigenvalue weighted by Crippen LogP contribution is 2.30. The molecule has 1 rings (SSSR count). The first-order valence-electron chi connectivity index (χ1n) is 5.20. The maximum Gasteiger partial charge on any atom is 0.225 e. The number of nitrogens with zero attached hydrogens (tertiary/aromatic N) is 1. The Bertz CT molecular complexity index is 166. The monoisotopic (exact) mass is 184 g/mol. The molecule has 2 N–H and O–H groups in total. The lowest BCUT2D eigenvalue weighted by Crippen LogP contribution is -2.29. The summed E-state index contributed by atoms with van der Waals surface area (Å²) >= 11 is 0. The fourth-order valence-corrected chi connectivity index (χ4v) is 1.42. The third kappa shape index (κ3) is 3.77. The molecule has 1 aliphatic rings. The van der Waals surface area contributed by atoms with E-state index in [-0.39, 0.29) is 0 Å². The second-order valence-electron chi connectivity index (χ2n) is 3.88. The van der Waals surface area contributed by atoms with Crippen LogP contribution in [0.4, 0.5) is 0 Å². The SMILES string of the molecule is CN(CCCCCN)C(=O)C1CC1. The van der Waals surface area contributed by atoms with Crippen LogP contribution in [0.2, 0.25) is 0 Å². The molecule has 0 spiro atoms. The Morgan fingerprint density at radius 3 is 2.62 bits per heavy atom. The van der Waals surface area contributed by atoms with E-state index >= 15 is 0 Å². The Morgan fingerprint density at radius 2 is 2.08 bits per heavy atom. The number of unbranched alkanes of at least 4 members (excludes halogenated alkanes) is 2. The van der Waals surface area contributed by atoms with Crippen LogP contribution in [-0.2, 0) is 4.79 Å². The molecule has 13 heavy (non-hydrogen) atoms. The number of carbonyl (C=O) groups excluding carboxylic acids is 1. The maximum atomic E-state index is 11.5. The van der Waals surface area contributed by atoms with Gasteiger partial charge in [0.15, 0.2) is 0 Å². The maximum absolute atomic E-state index is 11.5. The Labute approximate surface area is 80.3 Å². The quantitative estimate of drug-likeness (QED) is 0.626. The minimum atomic E-state index is 0.341. The minimum absolute atomic E-state index is 0.341. The largest absolute Gasteiger partial charge is 0.346 e. The third-order valence-corrected chi connectivity index (χ3v) is 2.50. The van der Waals surface area contributed by atoms with Gasteiger partial charge in [0.25, 0.3) is 0 Å². The van der Waals surface area contributed by atoms with E-state index in [1.807, 2.05) is 11.9 Å². The van der Waals surface area contributed by atoms with Crippen LogP contribution in [0.1, 0.15) is 32.1 Å². The molecule has 1 saturated carbocycles. The third-order valence-electron chi connectivity index (χ3n) is 2.50. The van der Waals surface area contributed by atoms with E-state index in [1.165, 1.54) is 0 Å². The van der Waals surface area contributed by atoms with Crippen molar-refractivity contribution in [2.24, 2.45) is 11.7 Å². The van der Waals surface area contributed by atoms with Crippen molar-refractivity contribution in [1.29, 1.82) is 0 Å². The lowest BCUT2D eigenvalue weighted by molar-refractivity contribution is -0.131. The molecule has 1 amide bonds. The van der Waals surface area contributed by atoms with E-state index < -0.39 is 0 Å². The number of nitrogens with two attached hydrogens (primary N) is 1. The van der Waals surface area contributed by atoms with Gasteiger partial charge in [-0.1, -0.05) is 6.42 Å². The van der Waals surface area contributed by atoms with Crippen LogP contribution >= 0.6 is 0 Å². The number of carbonyl (C=O) groups is 1. The van der Waals surface area contributed by atoms with E-state index in [4.69, 9.17) is 5.73 Å². The van der Waals surface area contributed by atoms with Gasteiger partial charge in [0.2, 0.25) is 5.91 Å². The van der Waals surface area contributed by atoms with Crippen LogP contribution in [0.25, 0.3) is 0 Å². The van der Waals surface area contributed by atoms with Crippen molar-refractivity contribution in [2.75, 3.05) is 20.1 Å². The number of hydrogen-bond acceptors (Lipinski definition) is 2. The molecule has 1 fully saturated rings. The minimum Gasteiger partial charge on any atom is -0.346 e. The zero-order valence-corrected chi connectivity index (χ0v) is 8.46. The van der Waals surface area contributed by atoms with Crippen molar-refractivity contribution in [2.45, 2.75) is 32.1 Å². The first-order valence-corrected chi connectivity index (χ1v) is 5.20. The Kier molecular flexibility index (Phi) is 4.22. The number of hydrogen-bond donors (Lipinski definition) is 1. The van der Waals surface area contributed by atoms with Gasteiger partial charge in [-0.05, 0) is 32.2 Å². The van der Waals surface area contributed by atoms with Gasteiger partial charge in [-0.15, -0.1) is 0 Å². The fraction of sp³-hybridized carbons (Fsp3) is 0.900. The predicted octanol–water partition coefficient (Wildman–Crippen LogP) is 0.984. The summed E-state index contributed by atoms with van der Waals surface area (Å²) in [6, 6.07) is 0. The predicted molar refractivity (Wildman–Crippen MR) is 53.3 cm³/mol. The fourth-order valence-electron chi connectivity index (χ4n) is 1.42. The van der Waals surface area contributed by atoms with E-state index in [0.717, 1.165) is 45.2 Å². The Balaban J connectivity index is 2.02.